The van der Waals surface area contributed by atoms with Crippen LogP contribution in [0.15, 0.2) is 42.5 Å². The molecule has 1 aromatic heterocycles. The van der Waals surface area contributed by atoms with Gasteiger partial charge in [0.15, 0.2) is 20.9 Å². The smallest absolute Gasteiger partial charge is 0.253 e. The molecular weight excluding hydrogens is 578 g/mol. The number of hydrogen-bond donors (Lipinski definition) is 2. The zero-order valence-corrected chi connectivity index (χ0v) is 25.1. The summed E-state index contributed by atoms with van der Waals surface area (Å²) in [6.07, 6.45) is 2.38. The third-order valence-electron chi connectivity index (χ3n) is 7.69. The van der Waals surface area contributed by atoms with Gasteiger partial charge in [0.25, 0.3) is 5.91 Å². The van der Waals surface area contributed by atoms with Gasteiger partial charge in [-0.25, -0.2) is 13.4 Å². The first-order chi connectivity index (χ1) is 20.2. The van der Waals surface area contributed by atoms with Crippen LogP contribution in [0.4, 0.5) is 0 Å². The Kier molecular flexibility index (Phi) is 9.36. The van der Waals surface area contributed by atoms with Crippen molar-refractivity contribution < 1.29 is 32.6 Å². The fourth-order valence-corrected chi connectivity index (χ4v) is 8.20. The molecule has 1 saturated carbocycles. The lowest BCUT2D eigenvalue weighted by molar-refractivity contribution is -0.125. The van der Waals surface area contributed by atoms with Gasteiger partial charge in [-0.15, -0.1) is 11.3 Å². The van der Waals surface area contributed by atoms with Crippen molar-refractivity contribution in [2.24, 2.45) is 5.92 Å². The van der Waals surface area contributed by atoms with E-state index in [0.29, 0.717) is 24.2 Å². The number of nitrogens with zero attached hydrogens (tertiary/aromatic N) is 2. The highest BCUT2D eigenvalue weighted by molar-refractivity contribution is 7.92. The number of benzene rings is 2. The van der Waals surface area contributed by atoms with Gasteiger partial charge in [-0.1, -0.05) is 18.2 Å². The number of fused-ring (bicyclic) bond motifs is 1. The summed E-state index contributed by atoms with van der Waals surface area (Å²) in [7, 11) is -2.54. The van der Waals surface area contributed by atoms with Crippen LogP contribution in [-0.2, 0) is 24.2 Å². The van der Waals surface area contributed by atoms with E-state index in [2.05, 4.69) is 10.3 Å². The minimum absolute atomic E-state index is 0.0540. The van der Waals surface area contributed by atoms with E-state index in [1.165, 1.54) is 7.11 Å². The maximum absolute atomic E-state index is 13.3. The average Bonchev–Trinajstić information content (AvgIpc) is 3.49. The highest BCUT2D eigenvalue weighted by Gasteiger charge is 2.37. The molecule has 5 rings (SSSR count). The molecule has 2 aromatic carbocycles. The summed E-state index contributed by atoms with van der Waals surface area (Å²) in [4.78, 5) is 44.6. The number of thiazole rings is 1. The second-order valence-corrected chi connectivity index (χ2v) is 14.2. The molecule has 0 radical (unpaired) electrons. The zero-order valence-electron chi connectivity index (χ0n) is 23.5. The average molecular weight is 614 g/mol. The molecule has 1 aliphatic carbocycles. The molecule has 12 heteroatoms. The highest BCUT2D eigenvalue weighted by atomic mass is 32.2. The van der Waals surface area contributed by atoms with Gasteiger partial charge in [0.2, 0.25) is 5.91 Å². The van der Waals surface area contributed by atoms with E-state index in [9.17, 15) is 27.9 Å². The van der Waals surface area contributed by atoms with Gasteiger partial charge < -0.3 is 20.1 Å². The van der Waals surface area contributed by atoms with Gasteiger partial charge in [0.05, 0.1) is 22.6 Å². The van der Waals surface area contributed by atoms with Crippen molar-refractivity contribution in [3.8, 4) is 11.1 Å². The maximum Gasteiger partial charge on any atom is 0.253 e. The third-order valence-corrected chi connectivity index (χ3v) is 10.9. The normalized spacial score (nSPS) is 17.9. The van der Waals surface area contributed by atoms with Crippen LogP contribution in [0.2, 0.25) is 0 Å². The molecule has 42 heavy (non-hydrogen) atoms. The molecule has 0 spiro atoms. The van der Waals surface area contributed by atoms with Gasteiger partial charge in [0, 0.05) is 57.2 Å². The molecule has 2 heterocycles. The van der Waals surface area contributed by atoms with Gasteiger partial charge >= 0.3 is 0 Å². The Labute approximate surface area is 249 Å². The second kappa shape index (κ2) is 13.0. The lowest BCUT2D eigenvalue weighted by Gasteiger charge is -2.16. The summed E-state index contributed by atoms with van der Waals surface area (Å²) in [5.74, 6) is -1.08. The number of carbonyl (C=O) groups is 3. The lowest BCUT2D eigenvalue weighted by atomic mass is 10.0. The topological polar surface area (TPSA) is 143 Å². The number of aliphatic hydroxyl groups excluding tert-OH is 1. The minimum atomic E-state index is -3.94. The number of amides is 2. The van der Waals surface area contributed by atoms with E-state index < -0.39 is 20.9 Å². The third kappa shape index (κ3) is 7.05. The molecule has 2 aliphatic rings. The second-order valence-electron chi connectivity index (χ2n) is 10.9. The fraction of sp³-hybridized carbons (Fsp3) is 0.467. The largest absolute Gasteiger partial charge is 0.396 e. The Bertz CT molecular complexity index is 1570. The number of nitrogens with one attached hydrogen (secondary N) is 1. The quantitative estimate of drug-likeness (QED) is 0.299. The van der Waals surface area contributed by atoms with Crippen molar-refractivity contribution in [1.82, 2.24) is 15.2 Å². The van der Waals surface area contributed by atoms with Crippen molar-refractivity contribution in [1.29, 1.82) is 0 Å². The summed E-state index contributed by atoms with van der Waals surface area (Å²) in [5, 5.41) is 10.9. The molecule has 3 aromatic rings. The highest BCUT2D eigenvalue weighted by Crippen LogP contribution is 2.35. The molecule has 2 amide bonds. The minimum Gasteiger partial charge on any atom is -0.396 e. The predicted molar refractivity (Wildman–Crippen MR) is 160 cm³/mol. The monoisotopic (exact) mass is 613 g/mol. The summed E-state index contributed by atoms with van der Waals surface area (Å²) < 4.78 is 32.2. The van der Waals surface area contributed by atoms with E-state index in [1.54, 1.807) is 23.1 Å². The summed E-state index contributed by atoms with van der Waals surface area (Å²) >= 11 is 1.15. The lowest BCUT2D eigenvalue weighted by Crippen LogP contribution is -2.29. The molecule has 1 unspecified atom stereocenters. The van der Waals surface area contributed by atoms with E-state index in [-0.39, 0.29) is 60.6 Å². The van der Waals surface area contributed by atoms with Crippen molar-refractivity contribution >= 4 is 49.0 Å². The van der Waals surface area contributed by atoms with Crippen LogP contribution < -0.4 is 5.32 Å². The predicted octanol–water partition coefficient (Wildman–Crippen LogP) is 3.15. The first-order valence-electron chi connectivity index (χ1n) is 14.1. The molecule has 10 nitrogen and oxygen atoms in total. The number of sulfone groups is 1. The Balaban J connectivity index is 1.35. The molecule has 1 saturated heterocycles. The van der Waals surface area contributed by atoms with Crippen LogP contribution in [0.5, 0.6) is 0 Å². The van der Waals surface area contributed by atoms with E-state index >= 15 is 0 Å². The summed E-state index contributed by atoms with van der Waals surface area (Å²) in [6.45, 7) is 1.21. The molecule has 1 aliphatic heterocycles. The first-order valence-corrected chi connectivity index (χ1v) is 16.7. The molecule has 2 N–H and O–H groups in total. The number of aromatic nitrogens is 1. The van der Waals surface area contributed by atoms with Crippen molar-refractivity contribution in [2.75, 3.05) is 39.2 Å². The number of carbonyl (C=O) groups excluding carboxylic acids is 3. The van der Waals surface area contributed by atoms with Crippen molar-refractivity contribution in [3.05, 3.63) is 53.0 Å². The maximum atomic E-state index is 13.3. The number of ether oxygens (including phenoxy) is 1. The zero-order chi connectivity index (χ0) is 29.9. The van der Waals surface area contributed by atoms with Crippen LogP contribution >= 0.6 is 11.3 Å². The van der Waals surface area contributed by atoms with Crippen LogP contribution in [0.25, 0.3) is 21.3 Å². The molecule has 2 atom stereocenters. The Morgan fingerprint density at radius 1 is 1.10 bits per heavy atom. The number of Topliss-reactive ketones (excluding diaryl/α,β-unsaturated/α-hetero) is 1. The number of methoxy groups -OCH3 is 1. The molecule has 224 valence electrons. The van der Waals surface area contributed by atoms with E-state index in [4.69, 9.17) is 4.74 Å². The number of aliphatic hydroxyl groups is 1. The van der Waals surface area contributed by atoms with Crippen LogP contribution in [0.3, 0.4) is 0 Å². The van der Waals surface area contributed by atoms with Crippen molar-refractivity contribution in [2.45, 2.75) is 43.4 Å². The Hall–Kier alpha value is -3.19. The van der Waals surface area contributed by atoms with Gasteiger partial charge in [-0.3, -0.25) is 14.4 Å². The fourth-order valence-electron chi connectivity index (χ4n) is 5.09. The van der Waals surface area contributed by atoms with Crippen LogP contribution in [0.1, 0.15) is 52.7 Å². The SMILES string of the molecule is COCCS(=O)(=O)C(C(=O)CCC(=O)NC1CC1)c1nc2ccc(-c3ccc(C(=O)N4CC[C@H](CO)C4)cc3)cc2s1. The van der Waals surface area contributed by atoms with E-state index in [1.807, 2.05) is 24.3 Å². The van der Waals surface area contributed by atoms with Gasteiger partial charge in [-0.05, 0) is 54.7 Å². The number of likely N-dealkylation sites (tertiary alicyclic amines) is 1. The Morgan fingerprint density at radius 3 is 2.50 bits per heavy atom. The van der Waals surface area contributed by atoms with Crippen LogP contribution in [-0.4, -0.2) is 86.2 Å². The number of hydrogen-bond acceptors (Lipinski definition) is 9. The first kappa shape index (κ1) is 30.3. The van der Waals surface area contributed by atoms with Gasteiger partial charge in [-0.2, -0.15) is 0 Å². The Morgan fingerprint density at radius 2 is 1.83 bits per heavy atom. The van der Waals surface area contributed by atoms with Gasteiger partial charge in [0.1, 0.15) is 5.01 Å². The van der Waals surface area contributed by atoms with E-state index in [0.717, 1.165) is 46.4 Å². The molecule has 0 bridgehead atoms. The van der Waals surface area contributed by atoms with Crippen LogP contribution in [0, 0.1) is 5.92 Å². The summed E-state index contributed by atoms with van der Waals surface area (Å²) in [6, 6.07) is 13.0. The molecular formula is C30H35N3O7S2. The molecule has 2 fully saturated rings. The number of rotatable bonds is 13. The number of ketones is 1. The van der Waals surface area contributed by atoms with Crippen molar-refractivity contribution in [3.63, 3.8) is 0 Å². The summed E-state index contributed by atoms with van der Waals surface area (Å²) in [5.41, 5.74) is 2.89. The standard InChI is InChI=1S/C30H35N3O7S2/c1-40-14-15-42(38,39)28(25(35)10-11-27(36)31-23-7-8-23)29-32-24-9-6-22(16-26(24)41-29)20-2-4-21(5-3-20)30(37)33-13-12-19(17-33)18-34/h2-6,9,16,19,23,28,34H,7-8,10-15,17-18H2,1H3,(H,31,36)/t19-,28?/m0/s1.